The Kier molecular flexibility index (Phi) is 2.37. The smallest absolute Gasteiger partial charge is 0.232 e. The average molecular weight is 251 g/mol. The maximum Gasteiger partial charge on any atom is 0.232 e. The van der Waals surface area contributed by atoms with Gasteiger partial charge in [-0.25, -0.2) is 0 Å². The van der Waals surface area contributed by atoms with Crippen molar-refractivity contribution in [3.63, 3.8) is 0 Å². The Morgan fingerprint density at radius 1 is 1.00 bits per heavy atom. The maximum atomic E-state index is 12.3. The minimum atomic E-state index is 0.116. The molecule has 0 saturated carbocycles. The van der Waals surface area contributed by atoms with Gasteiger partial charge in [0, 0.05) is 12.6 Å². The summed E-state index contributed by atoms with van der Waals surface area (Å²) >= 11 is 0. The molecule has 2 heteroatoms. The number of carbonyl (C=O) groups excluding carboxylic acids is 1. The van der Waals surface area contributed by atoms with Crippen molar-refractivity contribution in [2.75, 3.05) is 6.54 Å². The van der Waals surface area contributed by atoms with Crippen LogP contribution in [0.15, 0.2) is 42.5 Å². The van der Waals surface area contributed by atoms with Gasteiger partial charge in [0.2, 0.25) is 5.91 Å². The van der Waals surface area contributed by atoms with Crippen LogP contribution >= 0.6 is 0 Å². The summed E-state index contributed by atoms with van der Waals surface area (Å²) in [5.41, 5.74) is 1.20. The Labute approximate surface area is 113 Å². The minimum absolute atomic E-state index is 0.116. The molecule has 1 amide bonds. The molecule has 2 aliphatic heterocycles. The van der Waals surface area contributed by atoms with Gasteiger partial charge in [-0.1, -0.05) is 42.5 Å². The van der Waals surface area contributed by atoms with Crippen LogP contribution < -0.4 is 0 Å². The lowest BCUT2D eigenvalue weighted by Crippen LogP contribution is -2.60. The van der Waals surface area contributed by atoms with Gasteiger partial charge in [-0.3, -0.25) is 4.79 Å². The maximum absolute atomic E-state index is 12.3. The molecule has 2 atom stereocenters. The van der Waals surface area contributed by atoms with Crippen LogP contribution in [0.1, 0.15) is 30.7 Å². The molecule has 0 aliphatic carbocycles. The van der Waals surface area contributed by atoms with Gasteiger partial charge in [0.25, 0.3) is 0 Å². The fourth-order valence-corrected chi connectivity index (χ4v) is 3.60. The number of nitrogens with zero attached hydrogens (tertiary/aromatic N) is 1. The lowest BCUT2D eigenvalue weighted by Gasteiger charge is -2.50. The number of benzene rings is 2. The quantitative estimate of drug-likeness (QED) is 0.712. The molecule has 2 saturated heterocycles. The van der Waals surface area contributed by atoms with Crippen LogP contribution in [0, 0.1) is 0 Å². The van der Waals surface area contributed by atoms with Crippen LogP contribution in [0.25, 0.3) is 10.8 Å². The summed E-state index contributed by atoms with van der Waals surface area (Å²) in [5, 5.41) is 2.49. The zero-order valence-corrected chi connectivity index (χ0v) is 10.9. The summed E-state index contributed by atoms with van der Waals surface area (Å²) in [6.07, 6.45) is 3.61. The van der Waals surface area contributed by atoms with Gasteiger partial charge in [0.05, 0.1) is 5.92 Å². The van der Waals surface area contributed by atoms with Crippen molar-refractivity contribution >= 4 is 16.7 Å². The zero-order valence-electron chi connectivity index (χ0n) is 10.9. The molecule has 2 aromatic carbocycles. The van der Waals surface area contributed by atoms with Gasteiger partial charge in [0.15, 0.2) is 0 Å². The molecule has 0 aromatic heterocycles. The van der Waals surface area contributed by atoms with E-state index in [1.165, 1.54) is 35.6 Å². The molecule has 0 unspecified atom stereocenters. The van der Waals surface area contributed by atoms with E-state index in [9.17, 15) is 4.79 Å². The average Bonchev–Trinajstić information content (AvgIpc) is 2.47. The summed E-state index contributed by atoms with van der Waals surface area (Å²) in [6.45, 7) is 0.966. The normalized spacial score (nSPS) is 26.1. The van der Waals surface area contributed by atoms with Crippen molar-refractivity contribution in [3.8, 4) is 0 Å². The largest absolute Gasteiger partial charge is 0.338 e. The fraction of sp³-hybridized carbons (Fsp3) is 0.353. The van der Waals surface area contributed by atoms with E-state index in [1.54, 1.807) is 0 Å². The summed E-state index contributed by atoms with van der Waals surface area (Å²) < 4.78 is 0. The SMILES string of the molecule is O=C1[C@H](c2ccc3ccccc3c2)[C@H]2CCCCN12. The Bertz CT molecular complexity index is 649. The standard InChI is InChI=1S/C17H17NO/c19-17-16(15-7-3-4-10-18(15)17)14-9-8-12-5-1-2-6-13(12)11-14/h1-2,5-6,8-9,11,15-16H,3-4,7,10H2/t15-,16-/m1/s1. The number of hydrogen-bond acceptors (Lipinski definition) is 1. The summed E-state index contributed by atoms with van der Waals surface area (Å²) in [7, 11) is 0. The Morgan fingerprint density at radius 2 is 1.84 bits per heavy atom. The van der Waals surface area contributed by atoms with Gasteiger partial charge in [0.1, 0.15) is 0 Å². The van der Waals surface area contributed by atoms with Crippen molar-refractivity contribution in [2.24, 2.45) is 0 Å². The number of carbonyl (C=O) groups is 1. The number of hydrogen-bond donors (Lipinski definition) is 0. The fourth-order valence-electron chi connectivity index (χ4n) is 3.60. The van der Waals surface area contributed by atoms with E-state index in [0.717, 1.165) is 6.54 Å². The highest BCUT2D eigenvalue weighted by Gasteiger charge is 2.48. The molecule has 2 nitrogen and oxygen atoms in total. The lowest BCUT2D eigenvalue weighted by atomic mass is 9.76. The van der Waals surface area contributed by atoms with E-state index in [4.69, 9.17) is 0 Å². The van der Waals surface area contributed by atoms with Gasteiger partial charge in [-0.15, -0.1) is 0 Å². The zero-order chi connectivity index (χ0) is 12.8. The predicted molar refractivity (Wildman–Crippen MR) is 76.0 cm³/mol. The predicted octanol–water partition coefficient (Wildman–Crippen LogP) is 3.32. The van der Waals surface area contributed by atoms with Gasteiger partial charge < -0.3 is 4.90 Å². The first-order valence-corrected chi connectivity index (χ1v) is 7.14. The molecule has 0 spiro atoms. The van der Waals surface area contributed by atoms with Gasteiger partial charge in [-0.2, -0.15) is 0 Å². The van der Waals surface area contributed by atoms with Crippen molar-refractivity contribution in [1.82, 2.24) is 4.90 Å². The third-order valence-corrected chi connectivity index (χ3v) is 4.62. The van der Waals surface area contributed by atoms with Crippen LogP contribution in [0.2, 0.25) is 0 Å². The summed E-state index contributed by atoms with van der Waals surface area (Å²) in [5.74, 6) is 0.449. The molecular formula is C17H17NO. The second-order valence-corrected chi connectivity index (χ2v) is 5.68. The minimum Gasteiger partial charge on any atom is -0.338 e. The van der Waals surface area contributed by atoms with E-state index in [2.05, 4.69) is 47.4 Å². The molecule has 2 heterocycles. The highest BCUT2D eigenvalue weighted by molar-refractivity contribution is 5.93. The lowest BCUT2D eigenvalue weighted by molar-refractivity contribution is -0.152. The number of fused-ring (bicyclic) bond motifs is 2. The second-order valence-electron chi connectivity index (χ2n) is 5.68. The van der Waals surface area contributed by atoms with Crippen LogP contribution in [0.4, 0.5) is 0 Å². The number of amides is 1. The number of piperidine rings is 1. The van der Waals surface area contributed by atoms with Crippen LogP contribution in [0.3, 0.4) is 0 Å². The third-order valence-electron chi connectivity index (χ3n) is 4.62. The van der Waals surface area contributed by atoms with E-state index >= 15 is 0 Å². The van der Waals surface area contributed by atoms with Gasteiger partial charge >= 0.3 is 0 Å². The molecule has 96 valence electrons. The molecule has 0 N–H and O–H groups in total. The first-order valence-electron chi connectivity index (χ1n) is 7.14. The topological polar surface area (TPSA) is 20.3 Å². The summed E-state index contributed by atoms with van der Waals surface area (Å²) in [6, 6.07) is 15.3. The number of rotatable bonds is 1. The van der Waals surface area contributed by atoms with E-state index in [1.807, 2.05) is 0 Å². The monoisotopic (exact) mass is 251 g/mol. The van der Waals surface area contributed by atoms with Crippen molar-refractivity contribution in [1.29, 1.82) is 0 Å². The highest BCUT2D eigenvalue weighted by Crippen LogP contribution is 2.41. The molecule has 0 radical (unpaired) electrons. The third kappa shape index (κ3) is 1.59. The van der Waals surface area contributed by atoms with Crippen LogP contribution in [-0.2, 0) is 4.79 Å². The van der Waals surface area contributed by atoms with Crippen LogP contribution in [-0.4, -0.2) is 23.4 Å². The van der Waals surface area contributed by atoms with Crippen molar-refractivity contribution < 1.29 is 4.79 Å². The highest BCUT2D eigenvalue weighted by atomic mass is 16.2. The summed E-state index contributed by atoms with van der Waals surface area (Å²) in [4.78, 5) is 14.3. The Morgan fingerprint density at radius 3 is 2.74 bits per heavy atom. The van der Waals surface area contributed by atoms with Crippen molar-refractivity contribution in [3.05, 3.63) is 48.0 Å². The molecule has 2 aliphatic rings. The van der Waals surface area contributed by atoms with Crippen molar-refractivity contribution in [2.45, 2.75) is 31.2 Å². The van der Waals surface area contributed by atoms with E-state index in [-0.39, 0.29) is 5.92 Å². The first-order chi connectivity index (χ1) is 9.34. The molecule has 2 aromatic rings. The van der Waals surface area contributed by atoms with E-state index in [0.29, 0.717) is 11.9 Å². The number of β-lactam (4-membered cyclic amide) rings is 1. The second kappa shape index (κ2) is 4.09. The first kappa shape index (κ1) is 11.0. The molecule has 4 rings (SSSR count). The molecule has 2 fully saturated rings. The van der Waals surface area contributed by atoms with Crippen LogP contribution in [0.5, 0.6) is 0 Å². The van der Waals surface area contributed by atoms with Gasteiger partial charge in [-0.05, 0) is 35.6 Å². The Hall–Kier alpha value is -1.83. The molecule has 0 bridgehead atoms. The molecule has 19 heavy (non-hydrogen) atoms. The Balaban J connectivity index is 1.72. The van der Waals surface area contributed by atoms with E-state index < -0.39 is 0 Å². The molecular weight excluding hydrogens is 234 g/mol.